The van der Waals surface area contributed by atoms with E-state index in [1.54, 1.807) is 0 Å². The molecule has 1 spiro atoms. The number of carbonyl (C=O) groups excluding carboxylic acids is 1. The number of ether oxygens (including phenoxy) is 4. The molecule has 2 atom stereocenters. The molecular weight excluding hydrogens is 845 g/mol. The first-order chi connectivity index (χ1) is 25.6. The summed E-state index contributed by atoms with van der Waals surface area (Å²) in [6, 6.07) is 37.9. The molecule has 13 heteroatoms. The third-order valence-corrected chi connectivity index (χ3v) is 13.4. The molecule has 286 valence electrons. The predicted octanol–water partition coefficient (Wildman–Crippen LogP) is 11.0. The topological polar surface area (TPSA) is 54.0 Å². The Kier molecular flexibility index (Phi) is 10.8. The zero-order chi connectivity index (χ0) is 38.4. The highest BCUT2D eigenvalue weighted by molar-refractivity contribution is 14.1. The fraction of sp³-hybridized carbons (Fsp3) is 0.390. The summed E-state index contributed by atoms with van der Waals surface area (Å²) in [5.41, 5.74) is -1.15. The van der Waals surface area contributed by atoms with Gasteiger partial charge in [0.2, 0.25) is 0 Å². The summed E-state index contributed by atoms with van der Waals surface area (Å²) in [4.78, 5) is 15.6. The van der Waals surface area contributed by atoms with Crippen molar-refractivity contribution in [2.24, 2.45) is 17.8 Å². The van der Waals surface area contributed by atoms with Gasteiger partial charge in [-0.05, 0) is 133 Å². The molecule has 0 radical (unpaired) electrons. The number of carbonyl (C=O) groups is 1. The largest absolute Gasteiger partial charge is 0.457 e. The maximum atomic E-state index is 13.7. The number of esters is 1. The molecule has 5 nitrogen and oxygen atoms in total. The second kappa shape index (κ2) is 15.0. The minimum absolute atomic E-state index is 0.0166. The Balaban J connectivity index is 0.000000167. The highest BCUT2D eigenvalue weighted by Crippen LogP contribution is 2.64. The molecule has 9 rings (SSSR count). The lowest BCUT2D eigenvalue weighted by molar-refractivity contribution is -0.355. The molecule has 1 saturated heterocycles. The second-order valence-corrected chi connectivity index (χ2v) is 17.7. The van der Waals surface area contributed by atoms with Gasteiger partial charge >= 0.3 is 23.7 Å². The Labute approximate surface area is 326 Å². The number of alkyl halides is 6. The van der Waals surface area contributed by atoms with Crippen LogP contribution in [0.2, 0.25) is 0 Å². The minimum Gasteiger partial charge on any atom is -0.457 e. The van der Waals surface area contributed by atoms with Gasteiger partial charge in [0.25, 0.3) is 0 Å². The van der Waals surface area contributed by atoms with E-state index in [4.69, 9.17) is 18.9 Å². The molecule has 0 aromatic heterocycles. The van der Waals surface area contributed by atoms with Crippen molar-refractivity contribution in [1.29, 1.82) is 0 Å². The molecule has 0 N–H and O–H groups in total. The van der Waals surface area contributed by atoms with E-state index >= 15 is 0 Å². The van der Waals surface area contributed by atoms with E-state index in [0.29, 0.717) is 26.2 Å². The second-order valence-electron chi connectivity index (χ2n) is 14.5. The van der Waals surface area contributed by atoms with Crippen LogP contribution in [-0.2, 0) is 29.9 Å². The van der Waals surface area contributed by atoms with Crippen LogP contribution < -0.4 is 4.74 Å². The Morgan fingerprint density at radius 1 is 0.704 bits per heavy atom. The van der Waals surface area contributed by atoms with Gasteiger partial charge in [0.05, 0.1) is 10.9 Å². The molecule has 0 amide bonds. The third kappa shape index (κ3) is 8.01. The summed E-state index contributed by atoms with van der Waals surface area (Å²) < 4.78 is 104. The lowest BCUT2D eigenvalue weighted by Crippen LogP contribution is -2.66. The van der Waals surface area contributed by atoms with Crippen molar-refractivity contribution < 1.29 is 50.1 Å². The van der Waals surface area contributed by atoms with Gasteiger partial charge in [-0.25, -0.2) is 4.79 Å². The lowest BCUT2D eigenvalue weighted by Gasteiger charge is -2.63. The van der Waals surface area contributed by atoms with Crippen molar-refractivity contribution >= 4 is 39.5 Å². The lowest BCUT2D eigenvalue weighted by atomic mass is 9.51. The molecule has 1 heterocycles. The van der Waals surface area contributed by atoms with Gasteiger partial charge < -0.3 is 18.9 Å². The molecule has 1 aliphatic heterocycles. The van der Waals surface area contributed by atoms with Crippen LogP contribution in [0.5, 0.6) is 11.5 Å². The van der Waals surface area contributed by atoms with Crippen LogP contribution in [-0.4, -0.2) is 48.3 Å². The van der Waals surface area contributed by atoms with Gasteiger partial charge in [-0.3, -0.25) is 0 Å². The Morgan fingerprint density at radius 2 is 1.15 bits per heavy atom. The Morgan fingerprint density at radius 3 is 1.61 bits per heavy atom. The van der Waals surface area contributed by atoms with Gasteiger partial charge in [-0.15, -0.1) is 0 Å². The molecule has 54 heavy (non-hydrogen) atoms. The number of halogens is 7. The van der Waals surface area contributed by atoms with Crippen LogP contribution in [0, 0.1) is 21.3 Å². The van der Waals surface area contributed by atoms with E-state index in [1.165, 1.54) is 18.3 Å². The SMILES string of the molecule is CC(F)(F)C(=O)OC12CC3CC(C1)C1(OCC(F)(F)C(F)(F)CO1)C(C3)C2.Ic1ccc(Oc2ccc([S+](c3ccccc3)c3ccccc3)cc2)cc1. The highest BCUT2D eigenvalue weighted by Gasteiger charge is 2.70. The zero-order valence-corrected chi connectivity index (χ0v) is 32.1. The normalized spacial score (nSPS) is 26.1. The average Bonchev–Trinajstić information content (AvgIpc) is 3.22. The summed E-state index contributed by atoms with van der Waals surface area (Å²) in [5.74, 6) is -15.1. The molecule has 4 aromatic carbocycles. The smallest absolute Gasteiger partial charge is 0.377 e. The standard InChI is InChI=1S/C24H18IOS.C17H20F6O4/c25-19-11-13-20(14-12-19)26-21-15-17-24(18-16-21)27(22-7-3-1-4-8-22)23-9-5-2-6-10-23;1-13(18,19)12(24)27-14-4-9-2-10(5-14)17(11(3-9)6-14)25-7-15(20,21)16(22,23)8-26-17/h1-18H;9-11H,2-8H2,1H3/q+1;. The molecule has 4 saturated carbocycles. The van der Waals surface area contributed by atoms with Crippen molar-refractivity contribution in [1.82, 2.24) is 0 Å². The van der Waals surface area contributed by atoms with E-state index in [0.717, 1.165) is 11.5 Å². The molecular formula is C41H38F6IO5S+. The molecule has 5 aliphatic rings. The molecule has 4 aliphatic carbocycles. The first-order valence-corrected chi connectivity index (χ1v) is 19.9. The quantitative estimate of drug-likeness (QED) is 0.0801. The predicted molar refractivity (Wildman–Crippen MR) is 198 cm³/mol. The van der Waals surface area contributed by atoms with Crippen molar-refractivity contribution in [3.8, 4) is 11.5 Å². The van der Waals surface area contributed by atoms with Gasteiger partial charge in [0.1, 0.15) is 30.3 Å². The summed E-state index contributed by atoms with van der Waals surface area (Å²) in [7, 11) is -0.129. The monoisotopic (exact) mass is 883 g/mol. The van der Waals surface area contributed by atoms with Crippen molar-refractivity contribution in [3.63, 3.8) is 0 Å². The van der Waals surface area contributed by atoms with E-state index in [1.807, 2.05) is 24.3 Å². The average molecular weight is 884 g/mol. The zero-order valence-electron chi connectivity index (χ0n) is 29.2. The number of benzene rings is 4. The highest BCUT2D eigenvalue weighted by atomic mass is 127. The van der Waals surface area contributed by atoms with Gasteiger partial charge in [-0.1, -0.05) is 36.4 Å². The fourth-order valence-electron chi connectivity index (χ4n) is 8.20. The van der Waals surface area contributed by atoms with Gasteiger partial charge in [0.15, 0.2) is 20.5 Å². The van der Waals surface area contributed by atoms with Gasteiger partial charge in [0, 0.05) is 22.3 Å². The molecule has 5 fully saturated rings. The van der Waals surface area contributed by atoms with Crippen LogP contribution in [0.25, 0.3) is 0 Å². The summed E-state index contributed by atoms with van der Waals surface area (Å²) >= 11 is 2.30. The van der Waals surface area contributed by atoms with Crippen LogP contribution in [0.1, 0.15) is 39.0 Å². The molecule has 4 bridgehead atoms. The first-order valence-electron chi connectivity index (χ1n) is 17.6. The van der Waals surface area contributed by atoms with Crippen LogP contribution in [0.4, 0.5) is 26.3 Å². The Bertz CT molecular complexity index is 1840. The summed E-state index contributed by atoms with van der Waals surface area (Å²) in [5, 5.41) is 0. The summed E-state index contributed by atoms with van der Waals surface area (Å²) in [6.45, 7) is -2.51. The van der Waals surface area contributed by atoms with Crippen LogP contribution in [0.15, 0.2) is 124 Å². The number of hydrogen-bond donors (Lipinski definition) is 0. The molecule has 2 unspecified atom stereocenters. The van der Waals surface area contributed by atoms with Crippen LogP contribution in [0.3, 0.4) is 0 Å². The van der Waals surface area contributed by atoms with E-state index in [-0.39, 0.29) is 29.7 Å². The van der Waals surface area contributed by atoms with E-state index in [9.17, 15) is 31.1 Å². The third-order valence-electron chi connectivity index (χ3n) is 10.5. The fourth-order valence-corrected chi connectivity index (χ4v) is 10.6. The number of hydrogen-bond acceptors (Lipinski definition) is 5. The van der Waals surface area contributed by atoms with Crippen LogP contribution >= 0.6 is 22.6 Å². The molecule has 4 aromatic rings. The summed E-state index contributed by atoms with van der Waals surface area (Å²) in [6.07, 6.45) is 1.47. The maximum Gasteiger partial charge on any atom is 0.377 e. The Hall–Kier alpha value is -3.27. The number of rotatable bonds is 7. The van der Waals surface area contributed by atoms with Crippen molar-refractivity contribution in [2.45, 2.75) is 82.9 Å². The van der Waals surface area contributed by atoms with Crippen molar-refractivity contribution in [3.05, 3.63) is 113 Å². The van der Waals surface area contributed by atoms with E-state index < -0.39 is 60.2 Å². The van der Waals surface area contributed by atoms with E-state index in [2.05, 4.69) is 108 Å². The minimum atomic E-state index is -4.36. The van der Waals surface area contributed by atoms with Gasteiger partial charge in [-0.2, -0.15) is 26.3 Å². The first kappa shape index (κ1) is 39.0. The van der Waals surface area contributed by atoms with Crippen molar-refractivity contribution in [2.75, 3.05) is 13.2 Å². The maximum absolute atomic E-state index is 13.7.